The van der Waals surface area contributed by atoms with Crippen LogP contribution in [0, 0.1) is 0 Å². The van der Waals surface area contributed by atoms with Crippen LogP contribution in [0.1, 0.15) is 15.9 Å². The second kappa shape index (κ2) is 7.09. The van der Waals surface area contributed by atoms with Crippen molar-refractivity contribution in [3.05, 3.63) is 59.8 Å². The summed E-state index contributed by atoms with van der Waals surface area (Å²) in [6.07, 6.45) is 3.33. The summed E-state index contributed by atoms with van der Waals surface area (Å²) in [5, 5.41) is 4.93. The molecular weight excluding hydrogens is 318 g/mol. The molecule has 6 heteroatoms. The SMILES string of the molecule is COc1ccc(OC)c(/C=N\NC(=O)c2cn(C)c3ccccc23)c1. The van der Waals surface area contributed by atoms with E-state index in [0.717, 1.165) is 10.9 Å². The average Bonchev–Trinajstić information content (AvgIpc) is 2.99. The van der Waals surface area contributed by atoms with Gasteiger partial charge in [0.25, 0.3) is 5.91 Å². The first kappa shape index (κ1) is 16.6. The number of para-hydroxylation sites is 1. The van der Waals surface area contributed by atoms with E-state index in [9.17, 15) is 4.79 Å². The number of carbonyl (C=O) groups is 1. The van der Waals surface area contributed by atoms with Crippen molar-refractivity contribution < 1.29 is 14.3 Å². The van der Waals surface area contributed by atoms with E-state index in [4.69, 9.17) is 9.47 Å². The summed E-state index contributed by atoms with van der Waals surface area (Å²) in [5.74, 6) is 1.06. The second-order valence-electron chi connectivity index (χ2n) is 5.48. The number of hydrogen-bond donors (Lipinski definition) is 1. The van der Waals surface area contributed by atoms with Crippen molar-refractivity contribution in [3.63, 3.8) is 0 Å². The highest BCUT2D eigenvalue weighted by atomic mass is 16.5. The third kappa shape index (κ3) is 3.33. The van der Waals surface area contributed by atoms with E-state index in [1.165, 1.54) is 6.21 Å². The number of aromatic nitrogens is 1. The molecule has 0 fully saturated rings. The van der Waals surface area contributed by atoms with E-state index in [-0.39, 0.29) is 5.91 Å². The minimum Gasteiger partial charge on any atom is -0.497 e. The first-order chi connectivity index (χ1) is 12.1. The van der Waals surface area contributed by atoms with Gasteiger partial charge in [-0.15, -0.1) is 0 Å². The van der Waals surface area contributed by atoms with Crippen molar-refractivity contribution in [1.29, 1.82) is 0 Å². The molecule has 0 bridgehead atoms. The smallest absolute Gasteiger partial charge is 0.273 e. The number of hydrogen-bond acceptors (Lipinski definition) is 4. The molecule has 1 aromatic heterocycles. The summed E-state index contributed by atoms with van der Waals surface area (Å²) in [6, 6.07) is 13.1. The number of nitrogens with one attached hydrogen (secondary N) is 1. The molecule has 0 aliphatic rings. The number of fused-ring (bicyclic) bond motifs is 1. The summed E-state index contributed by atoms with van der Waals surface area (Å²) in [7, 11) is 5.07. The Kier molecular flexibility index (Phi) is 4.70. The Bertz CT molecular complexity index is 944. The maximum atomic E-state index is 12.4. The van der Waals surface area contributed by atoms with Crippen LogP contribution >= 0.6 is 0 Å². The van der Waals surface area contributed by atoms with Crippen LogP contribution in [0.4, 0.5) is 0 Å². The third-order valence-corrected chi connectivity index (χ3v) is 3.95. The van der Waals surface area contributed by atoms with Gasteiger partial charge in [-0.1, -0.05) is 18.2 Å². The molecule has 25 heavy (non-hydrogen) atoms. The lowest BCUT2D eigenvalue weighted by molar-refractivity contribution is 0.0956. The van der Waals surface area contributed by atoms with Gasteiger partial charge < -0.3 is 14.0 Å². The molecule has 0 aliphatic carbocycles. The van der Waals surface area contributed by atoms with Crippen LogP contribution in [0.25, 0.3) is 10.9 Å². The van der Waals surface area contributed by atoms with Gasteiger partial charge in [-0.05, 0) is 24.3 Å². The molecule has 0 saturated heterocycles. The zero-order chi connectivity index (χ0) is 17.8. The molecule has 0 radical (unpaired) electrons. The average molecular weight is 337 g/mol. The number of nitrogens with zero attached hydrogens (tertiary/aromatic N) is 2. The summed E-state index contributed by atoms with van der Waals surface area (Å²) in [6.45, 7) is 0. The maximum Gasteiger partial charge on any atom is 0.273 e. The van der Waals surface area contributed by atoms with Crippen LogP contribution < -0.4 is 14.9 Å². The first-order valence-electron chi connectivity index (χ1n) is 7.73. The summed E-state index contributed by atoms with van der Waals surface area (Å²) < 4.78 is 12.4. The van der Waals surface area contributed by atoms with Crippen molar-refractivity contribution >= 4 is 23.0 Å². The van der Waals surface area contributed by atoms with Crippen LogP contribution in [-0.4, -0.2) is 30.9 Å². The molecule has 2 aromatic carbocycles. The zero-order valence-corrected chi connectivity index (χ0v) is 14.3. The van der Waals surface area contributed by atoms with Crippen molar-refractivity contribution in [1.82, 2.24) is 9.99 Å². The highest BCUT2D eigenvalue weighted by Crippen LogP contribution is 2.22. The monoisotopic (exact) mass is 337 g/mol. The predicted molar refractivity (Wildman–Crippen MR) is 97.5 cm³/mol. The Balaban J connectivity index is 1.81. The standard InChI is InChI=1S/C19H19N3O3/c1-22-12-16(15-6-4-5-7-17(15)22)19(23)21-20-11-13-10-14(24-2)8-9-18(13)25-3/h4-12H,1-3H3,(H,21,23)/b20-11-. The molecule has 1 N–H and O–H groups in total. The number of methoxy groups -OCH3 is 2. The number of rotatable bonds is 5. The quantitative estimate of drug-likeness (QED) is 0.575. The normalized spacial score (nSPS) is 11.0. The first-order valence-corrected chi connectivity index (χ1v) is 7.73. The molecule has 0 spiro atoms. The van der Waals surface area contributed by atoms with Gasteiger partial charge in [-0.25, -0.2) is 5.43 Å². The number of amides is 1. The Morgan fingerprint density at radius 2 is 1.96 bits per heavy atom. The van der Waals surface area contributed by atoms with Crippen molar-refractivity contribution in [3.8, 4) is 11.5 Å². The van der Waals surface area contributed by atoms with Crippen LogP contribution in [0.2, 0.25) is 0 Å². The largest absolute Gasteiger partial charge is 0.497 e. The topological polar surface area (TPSA) is 64.8 Å². The summed E-state index contributed by atoms with van der Waals surface area (Å²) in [4.78, 5) is 12.4. The van der Waals surface area contributed by atoms with Crippen molar-refractivity contribution in [2.24, 2.45) is 12.1 Å². The van der Waals surface area contributed by atoms with Gasteiger partial charge in [0.05, 0.1) is 26.0 Å². The third-order valence-electron chi connectivity index (χ3n) is 3.95. The fourth-order valence-electron chi connectivity index (χ4n) is 2.68. The van der Waals surface area contributed by atoms with E-state index < -0.39 is 0 Å². The van der Waals surface area contributed by atoms with Gasteiger partial charge in [0.2, 0.25) is 0 Å². The van der Waals surface area contributed by atoms with Gasteiger partial charge in [-0.3, -0.25) is 4.79 Å². The van der Waals surface area contributed by atoms with Crippen LogP contribution in [0.15, 0.2) is 53.8 Å². The van der Waals surface area contributed by atoms with Crippen LogP contribution in [0.5, 0.6) is 11.5 Å². The van der Waals surface area contributed by atoms with Crippen molar-refractivity contribution in [2.45, 2.75) is 0 Å². The zero-order valence-electron chi connectivity index (χ0n) is 14.3. The number of carbonyl (C=O) groups excluding carboxylic acids is 1. The second-order valence-corrected chi connectivity index (χ2v) is 5.48. The molecule has 128 valence electrons. The molecular formula is C19H19N3O3. The van der Waals surface area contributed by atoms with Crippen LogP contribution in [0.3, 0.4) is 0 Å². The fourth-order valence-corrected chi connectivity index (χ4v) is 2.68. The van der Waals surface area contributed by atoms with E-state index >= 15 is 0 Å². The lowest BCUT2D eigenvalue weighted by Gasteiger charge is -2.06. The van der Waals surface area contributed by atoms with Gasteiger partial charge in [0.1, 0.15) is 11.5 Å². The lowest BCUT2D eigenvalue weighted by atomic mass is 10.2. The van der Waals surface area contributed by atoms with Gasteiger partial charge >= 0.3 is 0 Å². The highest BCUT2D eigenvalue weighted by molar-refractivity contribution is 6.07. The molecule has 0 unspecified atom stereocenters. The molecule has 3 rings (SSSR count). The number of ether oxygens (including phenoxy) is 2. The Labute approximate surface area is 145 Å². The maximum absolute atomic E-state index is 12.4. The molecule has 0 aliphatic heterocycles. The van der Waals surface area contributed by atoms with Gasteiger partial charge in [-0.2, -0.15) is 5.10 Å². The number of benzene rings is 2. The van der Waals surface area contributed by atoms with E-state index in [1.54, 1.807) is 38.6 Å². The van der Waals surface area contributed by atoms with Gasteiger partial charge in [0, 0.05) is 29.7 Å². The summed E-state index contributed by atoms with van der Waals surface area (Å²) >= 11 is 0. The number of hydrazone groups is 1. The Morgan fingerprint density at radius 1 is 1.16 bits per heavy atom. The molecule has 3 aromatic rings. The molecule has 0 atom stereocenters. The highest BCUT2D eigenvalue weighted by Gasteiger charge is 2.12. The van der Waals surface area contributed by atoms with E-state index in [1.807, 2.05) is 35.9 Å². The minimum atomic E-state index is -0.269. The van der Waals surface area contributed by atoms with Crippen LogP contribution in [-0.2, 0) is 7.05 Å². The van der Waals surface area contributed by atoms with E-state index in [2.05, 4.69) is 10.5 Å². The fraction of sp³-hybridized carbons (Fsp3) is 0.158. The molecule has 1 heterocycles. The molecule has 0 saturated carbocycles. The summed E-state index contributed by atoms with van der Waals surface area (Å²) in [5.41, 5.74) is 4.84. The Hall–Kier alpha value is -3.28. The number of aryl methyl sites for hydroxylation is 1. The Morgan fingerprint density at radius 3 is 2.72 bits per heavy atom. The van der Waals surface area contributed by atoms with Gasteiger partial charge in [0.15, 0.2) is 0 Å². The predicted octanol–water partition coefficient (Wildman–Crippen LogP) is 2.96. The lowest BCUT2D eigenvalue weighted by Crippen LogP contribution is -2.17. The van der Waals surface area contributed by atoms with Crippen molar-refractivity contribution in [2.75, 3.05) is 14.2 Å². The minimum absolute atomic E-state index is 0.269. The molecule has 6 nitrogen and oxygen atoms in total. The molecule has 1 amide bonds. The van der Waals surface area contributed by atoms with E-state index in [0.29, 0.717) is 22.6 Å².